The predicted octanol–water partition coefficient (Wildman–Crippen LogP) is 10.4. The molecule has 0 amide bonds. The minimum absolute atomic E-state index is 0.139. The molecule has 0 bridgehead atoms. The van der Waals surface area contributed by atoms with Crippen LogP contribution >= 0.6 is 0 Å². The molecule has 0 fully saturated rings. The Morgan fingerprint density at radius 2 is 0.773 bits per heavy atom. The maximum atomic E-state index is 15.2. The number of hydrogen-bond donors (Lipinski definition) is 2. The van der Waals surface area contributed by atoms with E-state index in [1.807, 2.05) is 0 Å². The SMILES string of the molecule is CCc1cc(C(F)(F)C(F)(F)C(F)(F)C(F)(F)C(F)(F)C(F)(F)c2cc(CC)c(N)c(C(C)CC)c2)cc(C(C)CC)c1N. The van der Waals surface area contributed by atoms with Gasteiger partial charge >= 0.3 is 35.5 Å². The zero-order valence-corrected chi connectivity index (χ0v) is 25.0. The minimum atomic E-state index is -7.71. The summed E-state index contributed by atoms with van der Waals surface area (Å²) in [6.45, 7) is 8.69. The molecule has 44 heavy (non-hydrogen) atoms. The standard InChI is InChI=1S/C30H36F12N2/c1-7-15(5)21-13-19(11-17(9-3)23(21)43)25(31,32)27(35,36)29(39,40)30(41,42)28(37,38)26(33,34)20-12-18(10-4)24(44)22(14-20)16(6)8-2/h11-16H,7-10,43-44H2,1-6H3. The summed E-state index contributed by atoms with van der Waals surface area (Å²) in [7, 11) is 0. The number of anilines is 2. The van der Waals surface area contributed by atoms with Gasteiger partial charge in [-0.05, 0) is 84.0 Å². The summed E-state index contributed by atoms with van der Waals surface area (Å²) in [6, 6.07) is 1.14. The summed E-state index contributed by atoms with van der Waals surface area (Å²) in [5, 5.41) is 0. The first-order valence-electron chi connectivity index (χ1n) is 14.0. The van der Waals surface area contributed by atoms with Gasteiger partial charge in [-0.25, -0.2) is 0 Å². The highest BCUT2D eigenvalue weighted by atomic mass is 19.4. The first-order valence-corrected chi connectivity index (χ1v) is 14.0. The van der Waals surface area contributed by atoms with E-state index in [0.29, 0.717) is 12.1 Å². The second-order valence-electron chi connectivity index (χ2n) is 11.0. The average molecular weight is 653 g/mol. The third-order valence-corrected chi connectivity index (χ3v) is 8.34. The van der Waals surface area contributed by atoms with E-state index >= 15 is 35.1 Å². The van der Waals surface area contributed by atoms with Gasteiger partial charge in [0.15, 0.2) is 0 Å². The van der Waals surface area contributed by atoms with Crippen molar-refractivity contribution in [3.8, 4) is 0 Å². The molecule has 0 spiro atoms. The van der Waals surface area contributed by atoms with Gasteiger partial charge in [-0.2, -0.15) is 52.7 Å². The van der Waals surface area contributed by atoms with Crippen LogP contribution in [0.2, 0.25) is 0 Å². The normalized spacial score (nSPS) is 15.4. The molecule has 0 radical (unpaired) electrons. The number of hydrogen-bond acceptors (Lipinski definition) is 2. The van der Waals surface area contributed by atoms with Crippen molar-refractivity contribution in [3.63, 3.8) is 0 Å². The Labute approximate surface area is 248 Å². The van der Waals surface area contributed by atoms with E-state index in [1.54, 1.807) is 13.8 Å². The van der Waals surface area contributed by atoms with Crippen molar-refractivity contribution in [3.05, 3.63) is 57.6 Å². The molecule has 2 atom stereocenters. The number of aryl methyl sites for hydroxylation is 2. The highest BCUT2D eigenvalue weighted by Crippen LogP contribution is 2.63. The Morgan fingerprint density at radius 1 is 0.500 bits per heavy atom. The van der Waals surface area contributed by atoms with E-state index in [1.165, 1.54) is 27.7 Å². The molecule has 0 heterocycles. The van der Waals surface area contributed by atoms with Crippen molar-refractivity contribution >= 4 is 11.4 Å². The summed E-state index contributed by atoms with van der Waals surface area (Å²) < 4.78 is 181. The van der Waals surface area contributed by atoms with Crippen molar-refractivity contribution in [2.45, 2.75) is 115 Å². The Kier molecular flexibility index (Phi) is 10.4. The topological polar surface area (TPSA) is 52.0 Å². The molecular formula is C30H36F12N2. The van der Waals surface area contributed by atoms with Gasteiger partial charge in [-0.1, -0.05) is 41.5 Å². The minimum Gasteiger partial charge on any atom is -0.398 e. The van der Waals surface area contributed by atoms with E-state index < -0.39 is 58.5 Å². The molecule has 0 saturated carbocycles. The molecule has 2 aromatic carbocycles. The number of alkyl halides is 12. The van der Waals surface area contributed by atoms with Gasteiger partial charge in [0.25, 0.3) is 0 Å². The van der Waals surface area contributed by atoms with Gasteiger partial charge in [0.2, 0.25) is 0 Å². The average Bonchev–Trinajstić information content (AvgIpc) is 2.95. The van der Waals surface area contributed by atoms with Gasteiger partial charge in [0.1, 0.15) is 0 Å². The Balaban J connectivity index is 2.79. The van der Waals surface area contributed by atoms with Gasteiger partial charge in [0, 0.05) is 22.5 Å². The van der Waals surface area contributed by atoms with E-state index in [2.05, 4.69) is 0 Å². The van der Waals surface area contributed by atoms with Crippen molar-refractivity contribution in [2.75, 3.05) is 11.5 Å². The third-order valence-electron chi connectivity index (χ3n) is 8.34. The van der Waals surface area contributed by atoms with Gasteiger partial charge < -0.3 is 11.5 Å². The molecule has 14 heteroatoms. The highest BCUT2D eigenvalue weighted by molar-refractivity contribution is 5.59. The van der Waals surface area contributed by atoms with Crippen LogP contribution in [0.15, 0.2) is 24.3 Å². The fraction of sp³-hybridized carbons (Fsp3) is 0.600. The molecule has 0 aromatic heterocycles. The summed E-state index contributed by atoms with van der Waals surface area (Å²) >= 11 is 0. The maximum Gasteiger partial charge on any atom is 0.385 e. The summed E-state index contributed by atoms with van der Waals surface area (Å²) in [4.78, 5) is 0. The smallest absolute Gasteiger partial charge is 0.385 e. The Hall–Kier alpha value is -2.80. The van der Waals surface area contributed by atoms with E-state index in [0.717, 1.165) is 0 Å². The molecule has 2 rings (SSSR count). The van der Waals surface area contributed by atoms with Crippen LogP contribution in [0.25, 0.3) is 0 Å². The zero-order valence-electron chi connectivity index (χ0n) is 25.0. The number of benzene rings is 2. The molecular weight excluding hydrogens is 616 g/mol. The molecule has 0 aliphatic carbocycles. The molecule has 0 aliphatic heterocycles. The van der Waals surface area contributed by atoms with Gasteiger partial charge in [-0.15, -0.1) is 0 Å². The van der Waals surface area contributed by atoms with E-state index in [9.17, 15) is 17.6 Å². The van der Waals surface area contributed by atoms with Crippen LogP contribution < -0.4 is 11.5 Å². The van der Waals surface area contributed by atoms with Crippen LogP contribution in [0.1, 0.15) is 99.6 Å². The third kappa shape index (κ3) is 5.48. The summed E-state index contributed by atoms with van der Waals surface area (Å²) in [6.07, 6.45) is 0.0546. The lowest BCUT2D eigenvalue weighted by atomic mass is 9.83. The van der Waals surface area contributed by atoms with E-state index in [4.69, 9.17) is 11.5 Å². The summed E-state index contributed by atoms with van der Waals surface area (Å²) in [5.41, 5.74) is 6.80. The van der Waals surface area contributed by atoms with Crippen LogP contribution in [0.3, 0.4) is 0 Å². The molecule has 2 unspecified atom stereocenters. The molecule has 0 saturated heterocycles. The van der Waals surface area contributed by atoms with Crippen LogP contribution in [0.5, 0.6) is 0 Å². The van der Waals surface area contributed by atoms with Crippen molar-refractivity contribution in [1.82, 2.24) is 0 Å². The van der Waals surface area contributed by atoms with Crippen LogP contribution in [-0.2, 0) is 24.7 Å². The lowest BCUT2D eigenvalue weighted by Gasteiger charge is -2.41. The first-order chi connectivity index (χ1) is 19.9. The number of nitrogens with two attached hydrogens (primary N) is 2. The number of halogens is 12. The Bertz CT molecular complexity index is 1240. The lowest BCUT2D eigenvalue weighted by Crippen LogP contribution is -2.69. The maximum absolute atomic E-state index is 15.2. The molecule has 250 valence electrons. The number of rotatable bonds is 13. The molecule has 4 N–H and O–H groups in total. The fourth-order valence-electron chi connectivity index (χ4n) is 4.83. The van der Waals surface area contributed by atoms with Crippen molar-refractivity contribution in [1.29, 1.82) is 0 Å². The quantitative estimate of drug-likeness (QED) is 0.167. The van der Waals surface area contributed by atoms with Gasteiger partial charge in [-0.3, -0.25) is 0 Å². The fourth-order valence-corrected chi connectivity index (χ4v) is 4.83. The second kappa shape index (κ2) is 12.2. The van der Waals surface area contributed by atoms with Crippen LogP contribution in [0.4, 0.5) is 64.1 Å². The van der Waals surface area contributed by atoms with Gasteiger partial charge in [0.05, 0.1) is 0 Å². The van der Waals surface area contributed by atoms with Crippen molar-refractivity contribution < 1.29 is 52.7 Å². The largest absolute Gasteiger partial charge is 0.398 e. The predicted molar refractivity (Wildman–Crippen MR) is 145 cm³/mol. The van der Waals surface area contributed by atoms with Crippen molar-refractivity contribution in [2.24, 2.45) is 0 Å². The number of nitrogen functional groups attached to an aromatic ring is 2. The second-order valence-corrected chi connectivity index (χ2v) is 11.0. The van der Waals surface area contributed by atoms with Crippen LogP contribution in [0, 0.1) is 0 Å². The van der Waals surface area contributed by atoms with Crippen LogP contribution in [-0.4, -0.2) is 23.7 Å². The first kappa shape index (κ1) is 37.4. The molecule has 2 aromatic rings. The zero-order chi connectivity index (χ0) is 34.4. The monoisotopic (exact) mass is 652 g/mol. The molecule has 0 aliphatic rings. The molecule has 2 nitrogen and oxygen atoms in total. The summed E-state index contributed by atoms with van der Waals surface area (Å²) in [5.74, 6) is -43.9. The Morgan fingerprint density at radius 3 is 1.00 bits per heavy atom. The van der Waals surface area contributed by atoms with E-state index in [-0.39, 0.29) is 71.4 Å². The highest BCUT2D eigenvalue weighted by Gasteiger charge is 2.90. The lowest BCUT2D eigenvalue weighted by molar-refractivity contribution is -0.429.